The molecule has 0 saturated heterocycles. The Hall–Kier alpha value is -2.11. The molecule has 3 N–H and O–H groups in total. The molecule has 0 bridgehead atoms. The fraction of sp³-hybridized carbons (Fsp3) is 0.273. The molecule has 0 heterocycles. The monoisotopic (exact) mass is 239 g/mol. The van der Waals surface area contributed by atoms with Gasteiger partial charge in [0.25, 0.3) is 0 Å². The molecule has 0 atom stereocenters. The third-order valence-corrected chi connectivity index (χ3v) is 1.93. The number of hydrogen-bond acceptors (Lipinski definition) is 2. The molecule has 1 aromatic carbocycles. The van der Waals surface area contributed by atoms with Crippen LogP contribution < -0.4 is 16.2 Å². The summed E-state index contributed by atoms with van der Waals surface area (Å²) in [5, 5.41) is 2.46. The summed E-state index contributed by atoms with van der Waals surface area (Å²) in [6.45, 7) is 2.24. The number of carbonyl (C=O) groups is 2. The molecule has 5 nitrogen and oxygen atoms in total. The van der Waals surface area contributed by atoms with Crippen molar-refractivity contribution in [3.05, 3.63) is 35.6 Å². The minimum atomic E-state index is -0.472. The first-order valence-electron chi connectivity index (χ1n) is 5.19. The summed E-state index contributed by atoms with van der Waals surface area (Å²) >= 11 is 0. The van der Waals surface area contributed by atoms with Crippen molar-refractivity contribution in [1.82, 2.24) is 16.2 Å². The Balaban J connectivity index is 2.34. The van der Waals surface area contributed by atoms with Crippen LogP contribution in [0.1, 0.15) is 12.5 Å². The van der Waals surface area contributed by atoms with Crippen LogP contribution in [0.5, 0.6) is 0 Å². The first-order valence-corrected chi connectivity index (χ1v) is 5.19. The Morgan fingerprint density at radius 2 is 1.82 bits per heavy atom. The minimum Gasteiger partial charge on any atom is -0.337 e. The van der Waals surface area contributed by atoms with E-state index in [1.54, 1.807) is 6.92 Å². The molecule has 0 fully saturated rings. The van der Waals surface area contributed by atoms with Crippen LogP contribution >= 0.6 is 0 Å². The van der Waals surface area contributed by atoms with Gasteiger partial charge in [-0.05, 0) is 24.6 Å². The fourth-order valence-electron chi connectivity index (χ4n) is 1.16. The van der Waals surface area contributed by atoms with Crippen molar-refractivity contribution in [2.24, 2.45) is 0 Å². The predicted molar refractivity (Wildman–Crippen MR) is 60.5 cm³/mol. The van der Waals surface area contributed by atoms with E-state index in [0.717, 1.165) is 0 Å². The maximum absolute atomic E-state index is 12.6. The van der Waals surface area contributed by atoms with Gasteiger partial charge in [-0.1, -0.05) is 12.1 Å². The van der Waals surface area contributed by atoms with Gasteiger partial charge in [0.15, 0.2) is 0 Å². The lowest BCUT2D eigenvalue weighted by Crippen LogP contribution is -2.47. The lowest BCUT2D eigenvalue weighted by Gasteiger charge is -2.07. The molecule has 92 valence electrons. The van der Waals surface area contributed by atoms with Gasteiger partial charge in [0.05, 0.1) is 6.42 Å². The van der Waals surface area contributed by atoms with Crippen LogP contribution in [0.15, 0.2) is 24.3 Å². The topological polar surface area (TPSA) is 70.2 Å². The lowest BCUT2D eigenvalue weighted by molar-refractivity contribution is -0.121. The maximum atomic E-state index is 12.6. The zero-order valence-electron chi connectivity index (χ0n) is 9.42. The third kappa shape index (κ3) is 4.96. The van der Waals surface area contributed by atoms with Crippen LogP contribution in [-0.4, -0.2) is 18.5 Å². The number of urea groups is 1. The SMILES string of the molecule is CCNC(=O)NNC(=O)Cc1ccc(F)cc1. The molecule has 3 amide bonds. The highest BCUT2D eigenvalue weighted by atomic mass is 19.1. The minimum absolute atomic E-state index is 0.0761. The summed E-state index contributed by atoms with van der Waals surface area (Å²) in [7, 11) is 0. The van der Waals surface area contributed by atoms with Crippen LogP contribution in [0.4, 0.5) is 9.18 Å². The fourth-order valence-corrected chi connectivity index (χ4v) is 1.16. The average molecular weight is 239 g/mol. The van der Waals surface area contributed by atoms with E-state index >= 15 is 0 Å². The number of nitrogens with one attached hydrogen (secondary N) is 3. The maximum Gasteiger partial charge on any atom is 0.333 e. The summed E-state index contributed by atoms with van der Waals surface area (Å²) in [6.07, 6.45) is 0.0761. The van der Waals surface area contributed by atoms with E-state index in [-0.39, 0.29) is 18.1 Å². The Bertz CT molecular complexity index is 392. The second kappa shape index (κ2) is 6.47. The Morgan fingerprint density at radius 1 is 1.18 bits per heavy atom. The first-order chi connectivity index (χ1) is 8.11. The van der Waals surface area contributed by atoms with Gasteiger partial charge >= 0.3 is 6.03 Å². The van der Waals surface area contributed by atoms with E-state index in [9.17, 15) is 14.0 Å². The van der Waals surface area contributed by atoms with Crippen LogP contribution in [0, 0.1) is 5.82 Å². The van der Waals surface area contributed by atoms with Gasteiger partial charge in [-0.3, -0.25) is 10.2 Å². The van der Waals surface area contributed by atoms with Gasteiger partial charge in [-0.2, -0.15) is 0 Å². The molecule has 0 aromatic heterocycles. The highest BCUT2D eigenvalue weighted by Crippen LogP contribution is 2.02. The van der Waals surface area contributed by atoms with E-state index in [4.69, 9.17) is 0 Å². The zero-order chi connectivity index (χ0) is 12.7. The van der Waals surface area contributed by atoms with Gasteiger partial charge in [0.1, 0.15) is 5.82 Å². The lowest BCUT2D eigenvalue weighted by atomic mass is 10.1. The van der Waals surface area contributed by atoms with E-state index in [1.165, 1.54) is 24.3 Å². The van der Waals surface area contributed by atoms with E-state index in [1.807, 2.05) is 0 Å². The molecule has 17 heavy (non-hydrogen) atoms. The average Bonchev–Trinajstić information content (AvgIpc) is 2.30. The quantitative estimate of drug-likeness (QED) is 0.680. The third-order valence-electron chi connectivity index (χ3n) is 1.93. The number of amides is 3. The van der Waals surface area contributed by atoms with E-state index < -0.39 is 6.03 Å². The van der Waals surface area contributed by atoms with E-state index in [2.05, 4.69) is 16.2 Å². The number of halogens is 1. The van der Waals surface area contributed by atoms with Crippen molar-refractivity contribution in [1.29, 1.82) is 0 Å². The summed E-state index contributed by atoms with van der Waals surface area (Å²) < 4.78 is 12.6. The van der Waals surface area contributed by atoms with Gasteiger partial charge in [0.2, 0.25) is 5.91 Å². The molecular weight excluding hydrogens is 225 g/mol. The number of benzene rings is 1. The normalized spacial score (nSPS) is 9.53. The Morgan fingerprint density at radius 3 is 2.41 bits per heavy atom. The zero-order valence-corrected chi connectivity index (χ0v) is 9.42. The predicted octanol–water partition coefficient (Wildman–Crippen LogP) is 0.719. The molecule has 0 radical (unpaired) electrons. The molecule has 0 aliphatic carbocycles. The van der Waals surface area contributed by atoms with Crippen molar-refractivity contribution in [3.63, 3.8) is 0 Å². The summed E-state index contributed by atoms with van der Waals surface area (Å²) in [6, 6.07) is 5.11. The van der Waals surface area contributed by atoms with Crippen LogP contribution in [0.25, 0.3) is 0 Å². The number of carbonyl (C=O) groups excluding carboxylic acids is 2. The molecule has 1 aromatic rings. The van der Waals surface area contributed by atoms with Gasteiger partial charge < -0.3 is 5.32 Å². The van der Waals surface area contributed by atoms with Crippen molar-refractivity contribution >= 4 is 11.9 Å². The van der Waals surface area contributed by atoms with Gasteiger partial charge in [0, 0.05) is 6.54 Å². The molecule has 0 unspecified atom stereocenters. The molecule has 0 saturated carbocycles. The number of hydrazine groups is 1. The van der Waals surface area contributed by atoms with Crippen molar-refractivity contribution in [2.45, 2.75) is 13.3 Å². The summed E-state index contributed by atoms with van der Waals surface area (Å²) in [5.74, 6) is -0.725. The van der Waals surface area contributed by atoms with Crippen molar-refractivity contribution in [3.8, 4) is 0 Å². The van der Waals surface area contributed by atoms with E-state index in [0.29, 0.717) is 12.1 Å². The molecular formula is C11H14FN3O2. The smallest absolute Gasteiger partial charge is 0.333 e. The van der Waals surface area contributed by atoms with Crippen LogP contribution in [0.3, 0.4) is 0 Å². The van der Waals surface area contributed by atoms with Crippen LogP contribution in [-0.2, 0) is 11.2 Å². The van der Waals surface area contributed by atoms with Crippen molar-refractivity contribution < 1.29 is 14.0 Å². The second-order valence-electron chi connectivity index (χ2n) is 3.34. The number of rotatable bonds is 3. The molecule has 0 aliphatic rings. The van der Waals surface area contributed by atoms with Gasteiger partial charge in [-0.15, -0.1) is 0 Å². The largest absolute Gasteiger partial charge is 0.337 e. The van der Waals surface area contributed by atoms with Gasteiger partial charge in [-0.25, -0.2) is 14.6 Å². The standard InChI is InChI=1S/C11H14FN3O2/c1-2-13-11(17)15-14-10(16)7-8-3-5-9(12)6-4-8/h3-6H,2,7H2,1H3,(H,14,16)(H2,13,15,17). The Labute approximate surface area is 98.4 Å². The first kappa shape index (κ1) is 13.0. The molecule has 0 spiro atoms. The number of hydrogen-bond donors (Lipinski definition) is 3. The van der Waals surface area contributed by atoms with Crippen molar-refractivity contribution in [2.75, 3.05) is 6.54 Å². The Kier molecular flexibility index (Phi) is 4.93. The highest BCUT2D eigenvalue weighted by molar-refractivity contribution is 5.82. The molecule has 1 rings (SSSR count). The van der Waals surface area contributed by atoms with Crippen LogP contribution in [0.2, 0.25) is 0 Å². The summed E-state index contributed by atoms with van der Waals surface area (Å²) in [5.41, 5.74) is 5.10. The molecule has 6 heteroatoms. The second-order valence-corrected chi connectivity index (χ2v) is 3.34. The summed E-state index contributed by atoms with van der Waals surface area (Å²) in [4.78, 5) is 22.3. The molecule has 0 aliphatic heterocycles. The highest BCUT2D eigenvalue weighted by Gasteiger charge is 2.04.